The number of hydrogen-bond acceptors (Lipinski definition) is 0. The average Bonchev–Trinajstić information content (AvgIpc) is 3.51. The Morgan fingerprint density at radius 2 is 1.31 bits per heavy atom. The van der Waals surface area contributed by atoms with Gasteiger partial charge in [-0.2, -0.15) is 0 Å². The van der Waals surface area contributed by atoms with E-state index in [4.69, 9.17) is 0 Å². The van der Waals surface area contributed by atoms with Crippen LogP contribution in [0.4, 0.5) is 0 Å². The smallest absolute Gasteiger partial charge is 0.0771 e. The zero-order valence-electron chi connectivity index (χ0n) is 21.1. The molecule has 0 aliphatic heterocycles. The summed E-state index contributed by atoms with van der Waals surface area (Å²) in [4.78, 5) is 0. The van der Waals surface area contributed by atoms with Crippen LogP contribution in [0.25, 0.3) is 17.2 Å². The van der Waals surface area contributed by atoms with Gasteiger partial charge in [0.05, 0.1) is 8.07 Å². The van der Waals surface area contributed by atoms with Crippen molar-refractivity contribution in [1.82, 2.24) is 0 Å². The maximum Gasteiger partial charge on any atom is 0.0771 e. The summed E-state index contributed by atoms with van der Waals surface area (Å²) in [6.07, 6.45) is 9.75. The molecule has 174 valence electrons. The van der Waals surface area contributed by atoms with E-state index in [0.717, 1.165) is 6.42 Å². The van der Waals surface area contributed by atoms with Gasteiger partial charge in [-0.05, 0) is 28.3 Å². The molecule has 0 unspecified atom stereocenters. The Labute approximate surface area is 233 Å². The first kappa shape index (κ1) is 24.9. The molecule has 2 aliphatic carbocycles. The van der Waals surface area contributed by atoms with Crippen LogP contribution < -0.4 is 10.4 Å². The molecule has 0 atom stereocenters. The van der Waals surface area contributed by atoms with Gasteiger partial charge in [-0.1, -0.05) is 139 Å². The van der Waals surface area contributed by atoms with E-state index in [0.29, 0.717) is 0 Å². The van der Waals surface area contributed by atoms with Crippen LogP contribution in [0, 0.1) is 10.4 Å². The van der Waals surface area contributed by atoms with Crippen LogP contribution in [-0.2, 0) is 25.8 Å². The monoisotopic (exact) mass is 645 g/mol. The second-order valence-electron chi connectivity index (χ2n) is 10.5. The molecule has 2 heteroatoms. The second-order valence-corrected chi connectivity index (χ2v) is 15.5. The van der Waals surface area contributed by atoms with E-state index in [2.05, 4.69) is 135 Å². The minimum atomic E-state index is -1.40. The molecule has 0 radical (unpaired) electrons. The largest absolute Gasteiger partial charge is 0.123 e. The first-order valence-corrected chi connectivity index (χ1v) is 15.9. The summed E-state index contributed by atoms with van der Waals surface area (Å²) in [5.41, 5.74) is 7.76. The first-order chi connectivity index (χ1) is 17.0. The summed E-state index contributed by atoms with van der Waals surface area (Å²) < 4.78 is 0. The number of allylic oxidation sites excluding steroid dienone is 4. The van der Waals surface area contributed by atoms with Crippen molar-refractivity contribution in [2.24, 2.45) is 0 Å². The first-order valence-electron chi connectivity index (χ1n) is 12.4. The van der Waals surface area contributed by atoms with E-state index in [1.807, 2.05) is 0 Å². The fourth-order valence-corrected chi connectivity index (χ4v) is 6.69. The molecular formula is C34H29HfSi-. The molecule has 0 nitrogen and oxygen atoms in total. The normalized spacial score (nSPS) is 13.6. The van der Waals surface area contributed by atoms with Gasteiger partial charge in [-0.25, -0.2) is 0 Å². The quantitative estimate of drug-likeness (QED) is 0.149. The Balaban J connectivity index is 0.00000267. The number of rotatable bonds is 4. The van der Waals surface area contributed by atoms with Crippen molar-refractivity contribution in [3.05, 3.63) is 158 Å². The predicted octanol–water partition coefficient (Wildman–Crippen LogP) is 6.83. The van der Waals surface area contributed by atoms with Crippen LogP contribution in [0.3, 0.4) is 0 Å². The zero-order chi connectivity index (χ0) is 24.0. The summed E-state index contributed by atoms with van der Waals surface area (Å²) in [6, 6.07) is 35.0. The van der Waals surface area contributed by atoms with Crippen LogP contribution in [0.2, 0.25) is 19.6 Å². The van der Waals surface area contributed by atoms with Gasteiger partial charge in [-0.15, -0.1) is 33.4 Å². The average molecular weight is 644 g/mol. The maximum atomic E-state index is 3.81. The van der Waals surface area contributed by atoms with Gasteiger partial charge in [0, 0.05) is 25.8 Å². The van der Waals surface area contributed by atoms with Gasteiger partial charge in [-0.3, -0.25) is 0 Å². The molecule has 4 aromatic rings. The summed E-state index contributed by atoms with van der Waals surface area (Å²) in [5, 5.41) is 6.61. The number of fused-ring (bicyclic) bond motifs is 2. The predicted molar refractivity (Wildman–Crippen MR) is 151 cm³/mol. The van der Waals surface area contributed by atoms with E-state index in [9.17, 15) is 0 Å². The fraction of sp³-hybridized carbons (Fsp3) is 0.118. The van der Waals surface area contributed by atoms with Crippen LogP contribution >= 0.6 is 0 Å². The van der Waals surface area contributed by atoms with Gasteiger partial charge in [0.25, 0.3) is 0 Å². The zero-order valence-corrected chi connectivity index (χ0v) is 25.7. The van der Waals surface area contributed by atoms with Crippen LogP contribution in [-0.4, -0.2) is 8.07 Å². The number of benzene rings is 4. The molecule has 0 amide bonds. The molecule has 0 saturated heterocycles. The van der Waals surface area contributed by atoms with Crippen molar-refractivity contribution in [1.29, 1.82) is 0 Å². The third kappa shape index (κ3) is 4.42. The van der Waals surface area contributed by atoms with Gasteiger partial charge in [0.1, 0.15) is 0 Å². The van der Waals surface area contributed by atoms with Gasteiger partial charge in [0.2, 0.25) is 0 Å². The summed E-state index contributed by atoms with van der Waals surface area (Å²) >= 11 is 0. The fourth-order valence-electron chi connectivity index (χ4n) is 5.37. The summed E-state index contributed by atoms with van der Waals surface area (Å²) in [5.74, 6) is 0. The van der Waals surface area contributed by atoms with Gasteiger partial charge >= 0.3 is 0 Å². The summed E-state index contributed by atoms with van der Waals surface area (Å²) in [6.45, 7) is 7.32. The van der Waals surface area contributed by atoms with Crippen molar-refractivity contribution < 1.29 is 25.8 Å². The van der Waals surface area contributed by atoms with Gasteiger partial charge in [0.15, 0.2) is 0 Å². The molecule has 0 spiro atoms. The minimum Gasteiger partial charge on any atom is -0.123 e. The molecule has 0 heterocycles. The van der Waals surface area contributed by atoms with E-state index in [1.165, 1.54) is 54.3 Å². The second kappa shape index (κ2) is 9.92. The number of hydrogen-bond donors (Lipinski definition) is 0. The topological polar surface area (TPSA) is 0 Å². The third-order valence-corrected chi connectivity index (χ3v) is 9.22. The molecular weight excluding hydrogens is 615 g/mol. The Hall–Kier alpha value is -2.81. The van der Waals surface area contributed by atoms with Crippen molar-refractivity contribution in [2.75, 3.05) is 0 Å². The molecule has 4 aromatic carbocycles. The SMILES string of the molecule is C[Si](C)(C)C1=CCC(c2c3c(ccc2=C(c2ccccc2)c2ccccc2)=c2ccccc2=[C-]3)=C1.[Hf]. The standard InChI is InChI=1S/C34H29Si.Hf/c1-35(2,3)28-19-18-27(22-28)34-31(21-20-30-29-17-11-10-16-26(29)23-32(30)34)33(24-12-6-4-7-13-24)25-14-8-5-9-15-25;/h4-17,19-22H,18H2,1-3H3;/q-1;. The Morgan fingerprint density at radius 1 is 0.694 bits per heavy atom. The molecule has 0 N–H and O–H groups in total. The van der Waals surface area contributed by atoms with Crippen LogP contribution in [0.15, 0.2) is 114 Å². The third-order valence-electron chi connectivity index (χ3n) is 7.14. The van der Waals surface area contributed by atoms with E-state index < -0.39 is 8.07 Å². The molecule has 0 aromatic heterocycles. The minimum absolute atomic E-state index is 0. The molecule has 2 aliphatic rings. The maximum absolute atomic E-state index is 3.81. The summed E-state index contributed by atoms with van der Waals surface area (Å²) in [7, 11) is -1.40. The van der Waals surface area contributed by atoms with Crippen molar-refractivity contribution >= 4 is 25.3 Å². The van der Waals surface area contributed by atoms with Crippen LogP contribution in [0.5, 0.6) is 0 Å². The Bertz CT molecular complexity index is 1680. The van der Waals surface area contributed by atoms with E-state index >= 15 is 0 Å². The van der Waals surface area contributed by atoms with Gasteiger partial charge < -0.3 is 0 Å². The molecule has 6 rings (SSSR count). The van der Waals surface area contributed by atoms with E-state index in [1.54, 1.807) is 5.20 Å². The molecule has 36 heavy (non-hydrogen) atoms. The van der Waals surface area contributed by atoms with Crippen molar-refractivity contribution in [3.8, 4) is 0 Å². The Morgan fingerprint density at radius 3 is 1.92 bits per heavy atom. The molecule has 0 bridgehead atoms. The van der Waals surface area contributed by atoms with Crippen molar-refractivity contribution in [2.45, 2.75) is 26.1 Å². The Kier molecular flexibility index (Phi) is 6.85. The van der Waals surface area contributed by atoms with Crippen molar-refractivity contribution in [3.63, 3.8) is 0 Å². The molecule has 0 fully saturated rings. The van der Waals surface area contributed by atoms with E-state index in [-0.39, 0.29) is 25.8 Å². The van der Waals surface area contributed by atoms with Crippen LogP contribution in [0.1, 0.15) is 28.7 Å². The molecule has 0 saturated carbocycles.